The molecule has 20 heavy (non-hydrogen) atoms. The minimum atomic E-state index is 0.731. The van der Waals surface area contributed by atoms with E-state index in [0.717, 1.165) is 36.6 Å². The van der Waals surface area contributed by atoms with Crippen molar-refractivity contribution in [2.75, 3.05) is 20.8 Å². The molecule has 0 spiro atoms. The van der Waals surface area contributed by atoms with Crippen molar-refractivity contribution in [3.05, 3.63) is 53.9 Å². The van der Waals surface area contributed by atoms with Gasteiger partial charge in [0.05, 0.1) is 12.8 Å². The molecule has 0 atom stereocenters. The molecule has 2 aromatic rings. The Balaban J connectivity index is 2.06. The number of pyridine rings is 1. The van der Waals surface area contributed by atoms with Crippen LogP contribution in [0.15, 0.2) is 42.7 Å². The van der Waals surface area contributed by atoms with Crippen molar-refractivity contribution in [1.82, 2.24) is 10.3 Å². The van der Waals surface area contributed by atoms with Crippen LogP contribution in [0.2, 0.25) is 0 Å². The first-order valence-corrected chi connectivity index (χ1v) is 6.66. The molecule has 0 unspecified atom stereocenters. The maximum atomic E-state index is 5.89. The first-order chi connectivity index (χ1) is 9.83. The van der Waals surface area contributed by atoms with Crippen molar-refractivity contribution in [2.45, 2.75) is 13.0 Å². The zero-order chi connectivity index (χ0) is 14.2. The van der Waals surface area contributed by atoms with Gasteiger partial charge in [-0.05, 0) is 37.2 Å². The number of hydrogen-bond donors (Lipinski definition) is 1. The summed E-state index contributed by atoms with van der Waals surface area (Å²) in [4.78, 5) is 4.11. The highest BCUT2D eigenvalue weighted by Crippen LogP contribution is 2.24. The highest BCUT2D eigenvalue weighted by Gasteiger charge is 2.04. The Bertz CT molecular complexity index is 526. The second-order valence-corrected chi connectivity index (χ2v) is 4.50. The lowest BCUT2D eigenvalue weighted by Gasteiger charge is -2.10. The summed E-state index contributed by atoms with van der Waals surface area (Å²) in [6.07, 6.45) is 4.42. The van der Waals surface area contributed by atoms with Crippen molar-refractivity contribution in [1.29, 1.82) is 0 Å². The lowest BCUT2D eigenvalue weighted by atomic mass is 10.1. The Morgan fingerprint density at radius 3 is 2.65 bits per heavy atom. The maximum absolute atomic E-state index is 5.89. The summed E-state index contributed by atoms with van der Waals surface area (Å²) >= 11 is 0. The highest BCUT2D eigenvalue weighted by molar-refractivity contribution is 5.36. The van der Waals surface area contributed by atoms with Crippen LogP contribution in [-0.4, -0.2) is 25.7 Å². The van der Waals surface area contributed by atoms with Crippen molar-refractivity contribution < 1.29 is 9.47 Å². The van der Waals surface area contributed by atoms with Gasteiger partial charge < -0.3 is 14.8 Å². The molecule has 0 saturated heterocycles. The predicted molar refractivity (Wildman–Crippen MR) is 79.1 cm³/mol. The average Bonchev–Trinajstić information content (AvgIpc) is 2.49. The normalized spacial score (nSPS) is 10.5. The van der Waals surface area contributed by atoms with E-state index in [0.29, 0.717) is 0 Å². The second-order valence-electron chi connectivity index (χ2n) is 4.50. The number of aromatic nitrogens is 1. The van der Waals surface area contributed by atoms with E-state index in [2.05, 4.69) is 22.4 Å². The maximum Gasteiger partial charge on any atom is 0.150 e. The highest BCUT2D eigenvalue weighted by atomic mass is 16.5. The Labute approximate surface area is 119 Å². The van der Waals surface area contributed by atoms with E-state index in [1.165, 1.54) is 5.56 Å². The fourth-order valence-electron chi connectivity index (χ4n) is 1.91. The number of ether oxygens (including phenoxy) is 2. The van der Waals surface area contributed by atoms with Gasteiger partial charge in [0.1, 0.15) is 11.5 Å². The minimum Gasteiger partial charge on any atom is -0.455 e. The molecule has 4 heteroatoms. The van der Waals surface area contributed by atoms with Crippen LogP contribution in [0.3, 0.4) is 0 Å². The monoisotopic (exact) mass is 272 g/mol. The van der Waals surface area contributed by atoms with Gasteiger partial charge in [0.25, 0.3) is 0 Å². The molecule has 4 nitrogen and oxygen atoms in total. The van der Waals surface area contributed by atoms with Crippen molar-refractivity contribution >= 4 is 0 Å². The molecule has 1 aromatic carbocycles. The third-order valence-electron chi connectivity index (χ3n) is 2.98. The van der Waals surface area contributed by atoms with Crippen LogP contribution >= 0.6 is 0 Å². The van der Waals surface area contributed by atoms with Gasteiger partial charge in [-0.1, -0.05) is 12.1 Å². The zero-order valence-electron chi connectivity index (χ0n) is 11.9. The summed E-state index contributed by atoms with van der Waals surface area (Å²) in [5, 5.41) is 3.12. The Morgan fingerprint density at radius 2 is 1.95 bits per heavy atom. The number of methoxy groups -OCH3 is 1. The topological polar surface area (TPSA) is 43.4 Å². The molecule has 1 N–H and O–H groups in total. The van der Waals surface area contributed by atoms with Crippen LogP contribution in [0, 0.1) is 0 Å². The fourth-order valence-corrected chi connectivity index (χ4v) is 1.91. The van der Waals surface area contributed by atoms with Crippen LogP contribution in [0.4, 0.5) is 0 Å². The summed E-state index contributed by atoms with van der Waals surface area (Å²) in [6.45, 7) is 1.49. The van der Waals surface area contributed by atoms with Crippen LogP contribution in [0.25, 0.3) is 0 Å². The van der Waals surface area contributed by atoms with E-state index < -0.39 is 0 Å². The lowest BCUT2D eigenvalue weighted by Crippen LogP contribution is -2.06. The first kappa shape index (κ1) is 14.5. The lowest BCUT2D eigenvalue weighted by molar-refractivity contribution is 0.202. The molecule has 0 saturated carbocycles. The van der Waals surface area contributed by atoms with E-state index in [9.17, 15) is 0 Å². The second kappa shape index (κ2) is 7.62. The number of nitrogens with zero attached hydrogens (tertiary/aromatic N) is 1. The van der Waals surface area contributed by atoms with Gasteiger partial charge >= 0.3 is 0 Å². The summed E-state index contributed by atoms with van der Waals surface area (Å²) in [6, 6.07) is 10.0. The van der Waals surface area contributed by atoms with E-state index in [-0.39, 0.29) is 0 Å². The molecule has 0 fully saturated rings. The molecule has 106 valence electrons. The molecule has 1 aromatic heterocycles. The SMILES string of the molecule is CNCc1ccncc1Oc1ccc(CCOC)cc1. The number of nitrogens with one attached hydrogen (secondary N) is 1. The average molecular weight is 272 g/mol. The minimum absolute atomic E-state index is 0.731. The largest absolute Gasteiger partial charge is 0.455 e. The molecule has 0 aliphatic rings. The van der Waals surface area contributed by atoms with Crippen molar-refractivity contribution in [3.63, 3.8) is 0 Å². The van der Waals surface area contributed by atoms with Gasteiger partial charge in [-0.25, -0.2) is 0 Å². The van der Waals surface area contributed by atoms with Gasteiger partial charge in [0.2, 0.25) is 0 Å². The molecule has 0 radical (unpaired) electrons. The van der Waals surface area contributed by atoms with Crippen molar-refractivity contribution in [2.24, 2.45) is 0 Å². The van der Waals surface area contributed by atoms with Gasteiger partial charge in [-0.2, -0.15) is 0 Å². The smallest absolute Gasteiger partial charge is 0.150 e. The fraction of sp³-hybridized carbons (Fsp3) is 0.312. The standard InChI is InChI=1S/C16H20N2O2/c1-17-11-14-7-9-18-12-16(14)20-15-5-3-13(4-6-15)8-10-19-2/h3-7,9,12,17H,8,10-11H2,1-2H3. The van der Waals surface area contributed by atoms with Gasteiger partial charge in [-0.15, -0.1) is 0 Å². The third kappa shape index (κ3) is 4.05. The van der Waals surface area contributed by atoms with Crippen LogP contribution < -0.4 is 10.1 Å². The molecule has 0 bridgehead atoms. The molecule has 1 heterocycles. The summed E-state index contributed by atoms with van der Waals surface area (Å²) in [5.74, 6) is 1.60. The van der Waals surface area contributed by atoms with Gasteiger partial charge in [-0.3, -0.25) is 4.98 Å². The molecule has 0 aliphatic heterocycles. The number of benzene rings is 1. The molecule has 0 amide bonds. The van der Waals surface area contributed by atoms with Gasteiger partial charge in [0, 0.05) is 25.4 Å². The molecule has 0 aliphatic carbocycles. The van der Waals surface area contributed by atoms with E-state index in [4.69, 9.17) is 9.47 Å². The Kier molecular flexibility index (Phi) is 5.53. The van der Waals surface area contributed by atoms with Crippen LogP contribution in [0.5, 0.6) is 11.5 Å². The zero-order valence-corrected chi connectivity index (χ0v) is 11.9. The predicted octanol–water partition coefficient (Wildman–Crippen LogP) is 2.78. The Morgan fingerprint density at radius 1 is 1.15 bits per heavy atom. The number of hydrogen-bond acceptors (Lipinski definition) is 4. The third-order valence-corrected chi connectivity index (χ3v) is 2.98. The molecule has 2 rings (SSSR count). The van der Waals surface area contributed by atoms with E-state index in [1.807, 2.05) is 25.2 Å². The summed E-state index contributed by atoms with van der Waals surface area (Å²) < 4.78 is 11.0. The number of rotatable bonds is 7. The van der Waals surface area contributed by atoms with Crippen molar-refractivity contribution in [3.8, 4) is 11.5 Å². The van der Waals surface area contributed by atoms with E-state index in [1.54, 1.807) is 19.5 Å². The van der Waals surface area contributed by atoms with Gasteiger partial charge in [0.15, 0.2) is 0 Å². The molecular weight excluding hydrogens is 252 g/mol. The molecular formula is C16H20N2O2. The summed E-state index contributed by atoms with van der Waals surface area (Å²) in [7, 11) is 3.62. The Hall–Kier alpha value is -1.91. The van der Waals surface area contributed by atoms with Crippen LogP contribution in [-0.2, 0) is 17.7 Å². The van der Waals surface area contributed by atoms with E-state index >= 15 is 0 Å². The summed E-state index contributed by atoms with van der Waals surface area (Å²) in [5.41, 5.74) is 2.33. The quantitative estimate of drug-likeness (QED) is 0.841. The van der Waals surface area contributed by atoms with Crippen LogP contribution in [0.1, 0.15) is 11.1 Å². The first-order valence-electron chi connectivity index (χ1n) is 6.66.